The normalized spacial score (nSPS) is 16.3. The molecule has 1 saturated heterocycles. The number of carbonyl (C=O) groups is 3. The van der Waals surface area contributed by atoms with Gasteiger partial charge < -0.3 is 14.9 Å². The van der Waals surface area contributed by atoms with Crippen LogP contribution in [0.25, 0.3) is 0 Å². The van der Waals surface area contributed by atoms with E-state index in [-0.39, 0.29) is 23.7 Å². The van der Waals surface area contributed by atoms with Crippen LogP contribution in [0.3, 0.4) is 0 Å². The van der Waals surface area contributed by atoms with E-state index in [0.29, 0.717) is 10.7 Å². The number of nitrogens with zero attached hydrogens (tertiary/aromatic N) is 3. The Morgan fingerprint density at radius 2 is 1.26 bits per heavy atom. The molecule has 2 atom stereocenters. The number of nitrogens with one attached hydrogen (secondary N) is 1. The molecule has 2 amide bonds. The molecule has 306 valence electrons. The number of nitriles is 1. The van der Waals surface area contributed by atoms with E-state index in [2.05, 4.69) is 16.5 Å². The van der Waals surface area contributed by atoms with Gasteiger partial charge in [-0.15, -0.1) is 11.8 Å². The molecule has 1 N–H and O–H groups in total. The second-order valence-electron chi connectivity index (χ2n) is 14.4. The van der Waals surface area contributed by atoms with E-state index in [1.165, 1.54) is 34.5 Å². The van der Waals surface area contributed by atoms with Gasteiger partial charge in [0, 0.05) is 27.3 Å². The van der Waals surface area contributed by atoms with Crippen LogP contribution in [-0.4, -0.2) is 45.6 Å². The highest BCUT2D eigenvalue weighted by atomic mass is 32.2. The highest BCUT2D eigenvalue weighted by Crippen LogP contribution is 2.45. The van der Waals surface area contributed by atoms with Crippen molar-refractivity contribution in [2.24, 2.45) is 5.16 Å². The van der Waals surface area contributed by atoms with Gasteiger partial charge in [0.15, 0.2) is 11.8 Å². The summed E-state index contributed by atoms with van der Waals surface area (Å²) in [6.45, 7) is 0. The third-order valence-corrected chi connectivity index (χ3v) is 12.8. The first-order chi connectivity index (χ1) is 30.5. The molecule has 0 spiro atoms. The number of hydrogen-bond acceptors (Lipinski definition) is 9. The lowest BCUT2D eigenvalue weighted by Gasteiger charge is -2.49. The number of carbonyl (C=O) groups excluding carboxylic acids is 3. The quantitative estimate of drug-likeness (QED) is 0.0357. The number of thioether (sulfide) groups is 2. The van der Waals surface area contributed by atoms with Gasteiger partial charge in [-0.2, -0.15) is 5.26 Å². The average molecular weight is 853 g/mol. The molecule has 0 aromatic heterocycles. The van der Waals surface area contributed by atoms with Gasteiger partial charge in [-0.3, -0.25) is 14.5 Å². The van der Waals surface area contributed by atoms with Crippen LogP contribution in [-0.2, 0) is 36.0 Å². The van der Waals surface area contributed by atoms with E-state index < -0.39 is 35.0 Å². The maximum Gasteiger partial charge on any atom is 0.356 e. The number of ether oxygens (including phenoxy) is 1. The Kier molecular flexibility index (Phi) is 13.1. The predicted octanol–water partition coefficient (Wildman–Crippen LogP) is 9.31. The minimum atomic E-state index is -1.19. The molecular weight excluding hydrogens is 813 g/mol. The van der Waals surface area contributed by atoms with Crippen molar-refractivity contribution in [3.8, 4) is 6.07 Å². The number of benzene rings is 6. The van der Waals surface area contributed by atoms with Crippen molar-refractivity contribution in [2.75, 3.05) is 5.75 Å². The number of β-lactam (4-membered cyclic amide) rings is 1. The van der Waals surface area contributed by atoms with Gasteiger partial charge >= 0.3 is 5.97 Å². The number of fused-ring (bicyclic) bond motifs is 1. The molecule has 2 heterocycles. The minimum absolute atomic E-state index is 0.0230. The zero-order valence-corrected chi connectivity index (χ0v) is 35.0. The maximum atomic E-state index is 14.5. The maximum absolute atomic E-state index is 14.5. The highest BCUT2D eigenvalue weighted by molar-refractivity contribution is 8.08. The van der Waals surface area contributed by atoms with Gasteiger partial charge in [0.05, 0.1) is 6.42 Å². The van der Waals surface area contributed by atoms with E-state index in [1.807, 2.05) is 182 Å². The van der Waals surface area contributed by atoms with Crippen molar-refractivity contribution in [2.45, 2.75) is 29.5 Å². The monoisotopic (exact) mass is 852 g/mol. The Hall–Kier alpha value is -7.13. The van der Waals surface area contributed by atoms with Crippen molar-refractivity contribution in [1.82, 2.24) is 10.2 Å². The van der Waals surface area contributed by atoms with Gasteiger partial charge in [0.25, 0.3) is 5.91 Å². The number of esters is 1. The first-order valence-electron chi connectivity index (χ1n) is 19.9. The molecule has 0 radical (unpaired) electrons. The number of amides is 2. The summed E-state index contributed by atoms with van der Waals surface area (Å²) < 4.78 is 6.32. The molecule has 1 unspecified atom stereocenters. The molecule has 0 bridgehead atoms. The van der Waals surface area contributed by atoms with E-state index in [4.69, 9.17) is 9.57 Å². The Morgan fingerprint density at radius 1 is 0.774 bits per heavy atom. The Balaban J connectivity index is 1.10. The van der Waals surface area contributed by atoms with Gasteiger partial charge in [0.1, 0.15) is 23.2 Å². The number of rotatable bonds is 15. The predicted molar refractivity (Wildman–Crippen MR) is 243 cm³/mol. The lowest BCUT2D eigenvalue weighted by molar-refractivity contribution is -0.154. The van der Waals surface area contributed by atoms with Crippen LogP contribution in [0, 0.1) is 11.3 Å². The second kappa shape index (κ2) is 19.5. The summed E-state index contributed by atoms with van der Waals surface area (Å²) in [6, 6.07) is 58.6. The zero-order valence-electron chi connectivity index (χ0n) is 33.3. The summed E-state index contributed by atoms with van der Waals surface area (Å²) in [4.78, 5) is 50.1. The Morgan fingerprint density at radius 3 is 1.76 bits per heavy atom. The summed E-state index contributed by atoms with van der Waals surface area (Å²) in [7, 11) is 0. The van der Waals surface area contributed by atoms with Crippen molar-refractivity contribution < 1.29 is 24.0 Å². The molecule has 6 aromatic carbocycles. The Labute approximate surface area is 368 Å². The largest absolute Gasteiger partial charge is 0.448 e. The van der Waals surface area contributed by atoms with Gasteiger partial charge in [0.2, 0.25) is 11.5 Å². The Bertz CT molecular complexity index is 2500. The summed E-state index contributed by atoms with van der Waals surface area (Å²) in [5.41, 5.74) is 3.66. The van der Waals surface area contributed by atoms with E-state index in [1.54, 1.807) is 5.41 Å². The van der Waals surface area contributed by atoms with E-state index in [0.717, 1.165) is 33.4 Å². The highest BCUT2D eigenvalue weighted by Gasteiger charge is 2.54. The topological polar surface area (TPSA) is 121 Å². The van der Waals surface area contributed by atoms with Crippen LogP contribution < -0.4 is 5.32 Å². The van der Waals surface area contributed by atoms with Crippen LogP contribution >= 0.6 is 23.5 Å². The van der Waals surface area contributed by atoms with Crippen LogP contribution in [0.5, 0.6) is 0 Å². The molecule has 8 rings (SSSR count). The lowest BCUT2D eigenvalue weighted by atomic mass is 9.80. The third kappa shape index (κ3) is 8.98. The van der Waals surface area contributed by atoms with Crippen LogP contribution in [0.15, 0.2) is 209 Å². The summed E-state index contributed by atoms with van der Waals surface area (Å²) in [5.74, 6) is -1.07. The molecule has 1 fully saturated rings. The molecule has 0 aliphatic carbocycles. The zero-order chi connectivity index (χ0) is 42.7. The first kappa shape index (κ1) is 41.6. The second-order valence-corrected chi connectivity index (χ2v) is 16.5. The molecule has 6 aromatic rings. The third-order valence-electron chi connectivity index (χ3n) is 10.5. The summed E-state index contributed by atoms with van der Waals surface area (Å²) >= 11 is 2.62. The van der Waals surface area contributed by atoms with Crippen molar-refractivity contribution >= 4 is 47.0 Å². The minimum Gasteiger partial charge on any atom is -0.448 e. The molecule has 9 nitrogen and oxygen atoms in total. The molecule has 2 aliphatic rings. The van der Waals surface area contributed by atoms with Gasteiger partial charge in [-0.25, -0.2) is 4.79 Å². The van der Waals surface area contributed by atoms with Crippen molar-refractivity contribution in [1.29, 1.82) is 5.26 Å². The number of allylic oxidation sites excluding steroid dienone is 1. The fourth-order valence-corrected chi connectivity index (χ4v) is 9.81. The van der Waals surface area contributed by atoms with Crippen molar-refractivity contribution in [3.63, 3.8) is 0 Å². The lowest BCUT2D eigenvalue weighted by Crippen LogP contribution is -2.70. The molecule has 2 aliphatic heterocycles. The molecule has 0 saturated carbocycles. The molecule has 11 heteroatoms. The molecule has 62 heavy (non-hydrogen) atoms. The summed E-state index contributed by atoms with van der Waals surface area (Å²) in [5, 5.41) is 18.8. The van der Waals surface area contributed by atoms with Gasteiger partial charge in [-0.1, -0.05) is 199 Å². The van der Waals surface area contributed by atoms with Crippen LogP contribution in [0.1, 0.15) is 39.5 Å². The van der Waals surface area contributed by atoms with Crippen LogP contribution in [0.4, 0.5) is 0 Å². The van der Waals surface area contributed by atoms with Gasteiger partial charge in [-0.05, 0) is 28.2 Å². The number of oxime groups is 1. The standard InChI is InChI=1S/C51H40N4O5S2/c52-34-42(54-60-51(39-25-13-4-14-26-39,40-27-15-5-16-28-40)41-29-17-6-18-30-41)31-32-61-43-35-62-49-45(53-44(56)33-36-19-7-1-8-20-36)48(57)55(49)46(43)50(58)59-47(37-21-9-2-10-22-37)38-23-11-3-12-24-38/h1-32,45,47,49H,33,35H2,(H,53,56)/b32-31-,54-42-/t45?,49-/m1/s1. The first-order valence-corrected chi connectivity index (χ1v) is 21.9. The fourth-order valence-electron chi connectivity index (χ4n) is 7.49. The SMILES string of the molecule is N#CC(/C=C\SC1=C(C(=O)OC(c2ccccc2)c2ccccc2)N2C(=O)C(NC(=O)Cc3ccccc3)[C@H]2SC1)=N\OC(c1ccccc1)(c1ccccc1)c1ccccc1. The van der Waals surface area contributed by atoms with Crippen LogP contribution in [0.2, 0.25) is 0 Å². The van der Waals surface area contributed by atoms with E-state index in [9.17, 15) is 19.6 Å². The smallest absolute Gasteiger partial charge is 0.356 e. The number of hydrogen-bond donors (Lipinski definition) is 1. The summed E-state index contributed by atoms with van der Waals surface area (Å²) in [6.07, 6.45) is 0.868. The average Bonchev–Trinajstić information content (AvgIpc) is 3.33. The van der Waals surface area contributed by atoms with E-state index >= 15 is 0 Å². The van der Waals surface area contributed by atoms with Crippen molar-refractivity contribution in [3.05, 3.63) is 237 Å². The molecular formula is C51H40N4O5S2. The fraction of sp³-hybridized carbons (Fsp3) is 0.118.